The van der Waals surface area contributed by atoms with Crippen molar-refractivity contribution in [3.63, 3.8) is 0 Å². The van der Waals surface area contributed by atoms with Gasteiger partial charge in [-0.05, 0) is 48.7 Å². The number of nitrogens with two attached hydrogens (primary N) is 1. The van der Waals surface area contributed by atoms with Crippen LogP contribution >= 0.6 is 0 Å². The number of aryl methyl sites for hydroxylation is 1. The SMILES string of the molecule is Cc1ccncc1CNC(=O)C(C)c1cccc(N)c1. The van der Waals surface area contributed by atoms with Crippen LogP contribution in [-0.4, -0.2) is 10.9 Å². The third-order valence-corrected chi connectivity index (χ3v) is 3.40. The van der Waals surface area contributed by atoms with Gasteiger partial charge in [-0.1, -0.05) is 12.1 Å². The van der Waals surface area contributed by atoms with Gasteiger partial charge in [-0.15, -0.1) is 0 Å². The largest absolute Gasteiger partial charge is 0.399 e. The Bertz CT molecular complexity index is 610. The minimum atomic E-state index is -0.226. The van der Waals surface area contributed by atoms with E-state index in [0.29, 0.717) is 12.2 Å². The Labute approximate surface area is 119 Å². The molecule has 0 fully saturated rings. The van der Waals surface area contributed by atoms with Crippen LogP contribution in [0.2, 0.25) is 0 Å². The van der Waals surface area contributed by atoms with E-state index in [1.165, 1.54) is 0 Å². The van der Waals surface area contributed by atoms with Crippen molar-refractivity contribution in [2.24, 2.45) is 0 Å². The first-order valence-corrected chi connectivity index (χ1v) is 6.60. The molecule has 20 heavy (non-hydrogen) atoms. The van der Waals surface area contributed by atoms with Crippen molar-refractivity contribution in [1.29, 1.82) is 0 Å². The van der Waals surface area contributed by atoms with Crippen molar-refractivity contribution in [2.45, 2.75) is 26.3 Å². The van der Waals surface area contributed by atoms with Crippen LogP contribution in [0.1, 0.15) is 29.5 Å². The van der Waals surface area contributed by atoms with Crippen molar-refractivity contribution in [3.8, 4) is 0 Å². The molecule has 1 aromatic heterocycles. The summed E-state index contributed by atoms with van der Waals surface area (Å²) in [6, 6.07) is 9.35. The summed E-state index contributed by atoms with van der Waals surface area (Å²) in [5, 5.41) is 2.94. The molecule has 0 radical (unpaired) electrons. The number of anilines is 1. The summed E-state index contributed by atoms with van der Waals surface area (Å²) in [4.78, 5) is 16.2. The Balaban J connectivity index is 2.00. The molecule has 1 amide bonds. The number of hydrogen-bond donors (Lipinski definition) is 2. The lowest BCUT2D eigenvalue weighted by Gasteiger charge is -2.13. The van der Waals surface area contributed by atoms with Crippen molar-refractivity contribution < 1.29 is 4.79 Å². The van der Waals surface area contributed by atoms with E-state index in [1.54, 1.807) is 12.4 Å². The molecule has 0 aliphatic rings. The highest BCUT2D eigenvalue weighted by Crippen LogP contribution is 2.18. The van der Waals surface area contributed by atoms with Gasteiger partial charge in [0.15, 0.2) is 0 Å². The van der Waals surface area contributed by atoms with Crippen LogP contribution in [0.25, 0.3) is 0 Å². The van der Waals surface area contributed by atoms with E-state index in [4.69, 9.17) is 5.73 Å². The monoisotopic (exact) mass is 269 g/mol. The molecule has 2 rings (SSSR count). The summed E-state index contributed by atoms with van der Waals surface area (Å²) in [6.45, 7) is 4.37. The van der Waals surface area contributed by atoms with Crippen molar-refractivity contribution in [3.05, 3.63) is 59.4 Å². The Morgan fingerprint density at radius 1 is 1.40 bits per heavy atom. The van der Waals surface area contributed by atoms with Crippen LogP contribution < -0.4 is 11.1 Å². The first kappa shape index (κ1) is 14.1. The van der Waals surface area contributed by atoms with E-state index in [0.717, 1.165) is 16.7 Å². The van der Waals surface area contributed by atoms with Gasteiger partial charge in [-0.25, -0.2) is 0 Å². The van der Waals surface area contributed by atoms with E-state index >= 15 is 0 Å². The summed E-state index contributed by atoms with van der Waals surface area (Å²) in [5.74, 6) is -0.241. The summed E-state index contributed by atoms with van der Waals surface area (Å²) < 4.78 is 0. The normalized spacial score (nSPS) is 11.9. The lowest BCUT2D eigenvalue weighted by molar-refractivity contribution is -0.122. The average molecular weight is 269 g/mol. The quantitative estimate of drug-likeness (QED) is 0.837. The lowest BCUT2D eigenvalue weighted by atomic mass is 9.99. The van der Waals surface area contributed by atoms with Gasteiger partial charge in [0, 0.05) is 24.6 Å². The maximum absolute atomic E-state index is 12.2. The second-order valence-corrected chi connectivity index (χ2v) is 4.91. The molecule has 4 heteroatoms. The number of carbonyl (C=O) groups is 1. The lowest BCUT2D eigenvalue weighted by Crippen LogP contribution is -2.27. The molecule has 0 aliphatic carbocycles. The van der Waals surface area contributed by atoms with Crippen molar-refractivity contribution >= 4 is 11.6 Å². The number of amides is 1. The number of benzene rings is 1. The maximum Gasteiger partial charge on any atom is 0.227 e. The van der Waals surface area contributed by atoms with Gasteiger partial charge in [-0.3, -0.25) is 9.78 Å². The van der Waals surface area contributed by atoms with Crippen LogP contribution in [0.15, 0.2) is 42.7 Å². The van der Waals surface area contributed by atoms with Crippen molar-refractivity contribution in [1.82, 2.24) is 10.3 Å². The Kier molecular flexibility index (Phi) is 4.35. The van der Waals surface area contributed by atoms with Gasteiger partial charge in [0.25, 0.3) is 0 Å². The van der Waals surface area contributed by atoms with Crippen LogP contribution in [-0.2, 0) is 11.3 Å². The molecule has 1 heterocycles. The number of hydrogen-bond acceptors (Lipinski definition) is 3. The van der Waals surface area contributed by atoms with Crippen LogP contribution in [0.5, 0.6) is 0 Å². The van der Waals surface area contributed by atoms with Gasteiger partial charge in [0.05, 0.1) is 5.92 Å². The van der Waals surface area contributed by atoms with Gasteiger partial charge in [-0.2, -0.15) is 0 Å². The molecule has 0 saturated heterocycles. The summed E-state index contributed by atoms with van der Waals surface area (Å²) in [5.41, 5.74) is 9.49. The Hall–Kier alpha value is -2.36. The molecular weight excluding hydrogens is 250 g/mol. The topological polar surface area (TPSA) is 68.0 Å². The fourth-order valence-electron chi connectivity index (χ4n) is 2.00. The second kappa shape index (κ2) is 6.19. The van der Waals surface area contributed by atoms with Gasteiger partial charge < -0.3 is 11.1 Å². The highest BCUT2D eigenvalue weighted by atomic mass is 16.1. The molecule has 1 atom stereocenters. The maximum atomic E-state index is 12.2. The summed E-state index contributed by atoms with van der Waals surface area (Å²) >= 11 is 0. The summed E-state index contributed by atoms with van der Waals surface area (Å²) in [6.07, 6.45) is 3.52. The fourth-order valence-corrected chi connectivity index (χ4v) is 2.00. The van der Waals surface area contributed by atoms with E-state index < -0.39 is 0 Å². The number of rotatable bonds is 4. The highest BCUT2D eigenvalue weighted by molar-refractivity contribution is 5.83. The van der Waals surface area contributed by atoms with Crippen LogP contribution in [0, 0.1) is 6.92 Å². The number of aromatic nitrogens is 1. The fraction of sp³-hybridized carbons (Fsp3) is 0.250. The standard InChI is InChI=1S/C16H19N3O/c1-11-6-7-18-9-14(11)10-19-16(20)12(2)13-4-3-5-15(17)8-13/h3-9,12H,10,17H2,1-2H3,(H,19,20). The van der Waals surface area contributed by atoms with Gasteiger partial charge in [0.2, 0.25) is 5.91 Å². The molecule has 0 aliphatic heterocycles. The number of pyridine rings is 1. The number of nitrogen functional groups attached to an aromatic ring is 1. The van der Waals surface area contributed by atoms with E-state index in [-0.39, 0.29) is 11.8 Å². The Morgan fingerprint density at radius 3 is 2.90 bits per heavy atom. The molecule has 1 aromatic carbocycles. The highest BCUT2D eigenvalue weighted by Gasteiger charge is 2.15. The molecular formula is C16H19N3O. The van der Waals surface area contributed by atoms with Gasteiger partial charge >= 0.3 is 0 Å². The van der Waals surface area contributed by atoms with Crippen LogP contribution in [0.3, 0.4) is 0 Å². The number of carbonyl (C=O) groups excluding carboxylic acids is 1. The zero-order chi connectivity index (χ0) is 14.5. The molecule has 4 nitrogen and oxygen atoms in total. The second-order valence-electron chi connectivity index (χ2n) is 4.91. The third kappa shape index (κ3) is 3.35. The van der Waals surface area contributed by atoms with E-state index in [2.05, 4.69) is 10.3 Å². The van der Waals surface area contributed by atoms with Crippen LogP contribution in [0.4, 0.5) is 5.69 Å². The first-order chi connectivity index (χ1) is 9.58. The van der Waals surface area contributed by atoms with Gasteiger partial charge in [0.1, 0.15) is 0 Å². The first-order valence-electron chi connectivity index (χ1n) is 6.60. The van der Waals surface area contributed by atoms with E-state index in [9.17, 15) is 4.79 Å². The average Bonchev–Trinajstić information content (AvgIpc) is 2.45. The third-order valence-electron chi connectivity index (χ3n) is 3.40. The molecule has 1 unspecified atom stereocenters. The Morgan fingerprint density at radius 2 is 2.20 bits per heavy atom. The predicted octanol–water partition coefficient (Wildman–Crippen LogP) is 2.39. The number of nitrogens with one attached hydrogen (secondary N) is 1. The van der Waals surface area contributed by atoms with Crippen molar-refractivity contribution in [2.75, 3.05) is 5.73 Å². The molecule has 0 bridgehead atoms. The number of nitrogens with zero attached hydrogens (tertiary/aromatic N) is 1. The molecule has 2 aromatic rings. The molecule has 3 N–H and O–H groups in total. The molecule has 0 saturated carbocycles. The molecule has 104 valence electrons. The summed E-state index contributed by atoms with van der Waals surface area (Å²) in [7, 11) is 0. The van der Waals surface area contributed by atoms with E-state index in [1.807, 2.05) is 44.2 Å². The smallest absolute Gasteiger partial charge is 0.227 e. The zero-order valence-electron chi connectivity index (χ0n) is 11.8. The molecule has 0 spiro atoms. The predicted molar refractivity (Wildman–Crippen MR) is 80.1 cm³/mol. The minimum Gasteiger partial charge on any atom is -0.399 e. The minimum absolute atomic E-state index is 0.0150. The zero-order valence-corrected chi connectivity index (χ0v) is 11.8.